The Morgan fingerprint density at radius 3 is 2.48 bits per heavy atom. The summed E-state index contributed by atoms with van der Waals surface area (Å²) in [4.78, 5) is 25.4. The first-order valence-corrected chi connectivity index (χ1v) is 10.1. The van der Waals surface area contributed by atoms with Crippen LogP contribution in [0.5, 0.6) is 5.75 Å². The summed E-state index contributed by atoms with van der Waals surface area (Å²) in [6.45, 7) is 2.42. The summed E-state index contributed by atoms with van der Waals surface area (Å²) in [5.41, 5.74) is 3.20. The molecule has 2 aromatic carbocycles. The van der Waals surface area contributed by atoms with Gasteiger partial charge in [-0.25, -0.2) is 4.98 Å². The number of piperazine rings is 1. The molecule has 4 rings (SSSR count). The summed E-state index contributed by atoms with van der Waals surface area (Å²) in [6, 6.07) is 17.2. The molecule has 7 heteroatoms. The van der Waals surface area contributed by atoms with E-state index in [-0.39, 0.29) is 11.9 Å². The molecule has 31 heavy (non-hydrogen) atoms. The van der Waals surface area contributed by atoms with E-state index in [4.69, 9.17) is 4.74 Å². The maximum Gasteiger partial charge on any atom is 0.246 e. The van der Waals surface area contributed by atoms with Gasteiger partial charge in [0.1, 0.15) is 11.8 Å². The molecule has 0 aliphatic carbocycles. The number of nitrogens with zero attached hydrogens (tertiary/aromatic N) is 5. The van der Waals surface area contributed by atoms with E-state index >= 15 is 0 Å². The van der Waals surface area contributed by atoms with Crippen LogP contribution in [0.2, 0.25) is 0 Å². The number of nitriles is 1. The Morgan fingerprint density at radius 2 is 1.81 bits per heavy atom. The molecule has 1 saturated heterocycles. The number of hydrogen-bond acceptors (Lipinski definition) is 6. The van der Waals surface area contributed by atoms with E-state index in [1.165, 1.54) is 0 Å². The number of carbonyl (C=O) groups excluding carboxylic acids is 1. The standard InChI is InChI=1S/C24H23N5O2/c1-31-20-9-6-18(7-10-20)23(16-25)28-12-14-29(15-13-28)24(30)11-8-19-17-26-21-4-2-3-5-22(21)27-19/h2-11,17,23H,12-15H2,1H3/b11-8+. The molecule has 0 radical (unpaired) electrons. The van der Waals surface area contributed by atoms with Crippen molar-refractivity contribution in [2.24, 2.45) is 0 Å². The molecule has 0 N–H and O–H groups in total. The highest BCUT2D eigenvalue weighted by molar-refractivity contribution is 5.91. The van der Waals surface area contributed by atoms with Gasteiger partial charge < -0.3 is 9.64 Å². The van der Waals surface area contributed by atoms with Crippen molar-refractivity contribution in [2.75, 3.05) is 33.3 Å². The summed E-state index contributed by atoms with van der Waals surface area (Å²) in [5, 5.41) is 9.69. The first-order valence-electron chi connectivity index (χ1n) is 10.1. The highest BCUT2D eigenvalue weighted by atomic mass is 16.5. The molecular formula is C24H23N5O2. The minimum atomic E-state index is -0.341. The summed E-state index contributed by atoms with van der Waals surface area (Å²) >= 11 is 0. The molecule has 0 saturated carbocycles. The van der Waals surface area contributed by atoms with Gasteiger partial charge in [0.05, 0.1) is 36.1 Å². The molecular weight excluding hydrogens is 390 g/mol. The number of ether oxygens (including phenoxy) is 1. The van der Waals surface area contributed by atoms with Crippen molar-refractivity contribution in [1.29, 1.82) is 5.26 Å². The monoisotopic (exact) mass is 413 g/mol. The maximum absolute atomic E-state index is 12.6. The van der Waals surface area contributed by atoms with Crippen molar-refractivity contribution in [3.8, 4) is 11.8 Å². The quantitative estimate of drug-likeness (QED) is 0.598. The fraction of sp³-hybridized carbons (Fsp3) is 0.250. The van der Waals surface area contributed by atoms with Crippen LogP contribution < -0.4 is 4.74 Å². The molecule has 1 fully saturated rings. The number of amides is 1. The van der Waals surface area contributed by atoms with Gasteiger partial charge in [0.2, 0.25) is 5.91 Å². The second kappa shape index (κ2) is 9.37. The van der Waals surface area contributed by atoms with Crippen LogP contribution in [-0.2, 0) is 4.79 Å². The van der Waals surface area contributed by atoms with E-state index in [1.807, 2.05) is 48.5 Å². The van der Waals surface area contributed by atoms with Gasteiger partial charge in [-0.05, 0) is 35.9 Å². The topological polar surface area (TPSA) is 82.4 Å². The van der Waals surface area contributed by atoms with Gasteiger partial charge in [0.15, 0.2) is 0 Å². The number of carbonyl (C=O) groups is 1. The van der Waals surface area contributed by atoms with Gasteiger partial charge in [-0.3, -0.25) is 14.7 Å². The van der Waals surface area contributed by atoms with Crippen molar-refractivity contribution in [3.63, 3.8) is 0 Å². The summed E-state index contributed by atoms with van der Waals surface area (Å²) < 4.78 is 5.19. The fourth-order valence-electron chi connectivity index (χ4n) is 3.67. The molecule has 1 aromatic heterocycles. The molecule has 1 amide bonds. The third kappa shape index (κ3) is 4.71. The van der Waals surface area contributed by atoms with Crippen LogP contribution in [0, 0.1) is 11.3 Å². The van der Waals surface area contributed by atoms with Gasteiger partial charge in [-0.1, -0.05) is 24.3 Å². The second-order valence-electron chi connectivity index (χ2n) is 7.28. The van der Waals surface area contributed by atoms with Crippen LogP contribution in [0.1, 0.15) is 17.3 Å². The van der Waals surface area contributed by atoms with E-state index in [2.05, 4.69) is 20.9 Å². The lowest BCUT2D eigenvalue weighted by Gasteiger charge is -2.36. The molecule has 0 spiro atoms. The fourth-order valence-corrected chi connectivity index (χ4v) is 3.67. The van der Waals surface area contributed by atoms with Gasteiger partial charge in [-0.2, -0.15) is 5.26 Å². The van der Waals surface area contributed by atoms with Crippen LogP contribution in [0.4, 0.5) is 0 Å². The number of aromatic nitrogens is 2. The highest BCUT2D eigenvalue weighted by Crippen LogP contribution is 2.24. The smallest absolute Gasteiger partial charge is 0.246 e. The first-order chi connectivity index (χ1) is 15.2. The number of methoxy groups -OCH3 is 1. The Morgan fingerprint density at radius 1 is 1.10 bits per heavy atom. The summed E-state index contributed by atoms with van der Waals surface area (Å²) in [6.07, 6.45) is 4.90. The molecule has 1 aliphatic rings. The molecule has 7 nitrogen and oxygen atoms in total. The average molecular weight is 413 g/mol. The van der Waals surface area contributed by atoms with Gasteiger partial charge in [-0.15, -0.1) is 0 Å². The Bertz CT molecular complexity index is 1130. The van der Waals surface area contributed by atoms with E-state index in [1.54, 1.807) is 30.4 Å². The minimum absolute atomic E-state index is 0.0624. The molecule has 2 heterocycles. The lowest BCUT2D eigenvalue weighted by atomic mass is 10.1. The average Bonchev–Trinajstić information content (AvgIpc) is 2.83. The molecule has 1 unspecified atom stereocenters. The van der Waals surface area contributed by atoms with Crippen molar-refractivity contribution >= 4 is 23.0 Å². The zero-order valence-corrected chi connectivity index (χ0v) is 17.3. The Hall–Kier alpha value is -3.76. The number of hydrogen-bond donors (Lipinski definition) is 0. The Balaban J connectivity index is 1.36. The number of para-hydroxylation sites is 2. The Labute approximate surface area is 181 Å². The van der Waals surface area contributed by atoms with Gasteiger partial charge in [0.25, 0.3) is 0 Å². The van der Waals surface area contributed by atoms with E-state index in [0.717, 1.165) is 22.3 Å². The van der Waals surface area contributed by atoms with E-state index in [0.29, 0.717) is 31.9 Å². The van der Waals surface area contributed by atoms with Crippen LogP contribution >= 0.6 is 0 Å². The zero-order valence-electron chi connectivity index (χ0n) is 17.3. The molecule has 3 aromatic rings. The predicted molar refractivity (Wildman–Crippen MR) is 118 cm³/mol. The SMILES string of the molecule is COc1ccc(C(C#N)N2CCN(C(=O)/C=C/c3cnc4ccccc4n3)CC2)cc1. The Kier molecular flexibility index (Phi) is 6.20. The summed E-state index contributed by atoms with van der Waals surface area (Å²) in [7, 11) is 1.62. The van der Waals surface area contributed by atoms with Crippen LogP contribution in [0.3, 0.4) is 0 Å². The van der Waals surface area contributed by atoms with Crippen LogP contribution in [0.25, 0.3) is 17.1 Å². The molecule has 1 aliphatic heterocycles. The predicted octanol–water partition coefficient (Wildman–Crippen LogP) is 3.06. The lowest BCUT2D eigenvalue weighted by Crippen LogP contribution is -2.49. The minimum Gasteiger partial charge on any atom is -0.497 e. The lowest BCUT2D eigenvalue weighted by molar-refractivity contribution is -0.127. The largest absolute Gasteiger partial charge is 0.497 e. The third-order valence-electron chi connectivity index (χ3n) is 5.41. The maximum atomic E-state index is 12.6. The van der Waals surface area contributed by atoms with Gasteiger partial charge in [0, 0.05) is 32.3 Å². The third-order valence-corrected chi connectivity index (χ3v) is 5.41. The first kappa shape index (κ1) is 20.5. The second-order valence-corrected chi connectivity index (χ2v) is 7.28. The van der Waals surface area contributed by atoms with Crippen molar-refractivity contribution in [3.05, 3.63) is 72.1 Å². The van der Waals surface area contributed by atoms with Crippen LogP contribution in [0.15, 0.2) is 60.8 Å². The van der Waals surface area contributed by atoms with Crippen molar-refractivity contribution in [1.82, 2.24) is 19.8 Å². The van der Waals surface area contributed by atoms with Crippen molar-refractivity contribution in [2.45, 2.75) is 6.04 Å². The number of benzene rings is 2. The normalized spacial score (nSPS) is 15.7. The van der Waals surface area contributed by atoms with E-state index < -0.39 is 0 Å². The number of rotatable bonds is 5. The zero-order chi connectivity index (χ0) is 21.6. The molecule has 156 valence electrons. The summed E-state index contributed by atoms with van der Waals surface area (Å²) in [5.74, 6) is 0.700. The highest BCUT2D eigenvalue weighted by Gasteiger charge is 2.26. The van der Waals surface area contributed by atoms with Gasteiger partial charge >= 0.3 is 0 Å². The number of fused-ring (bicyclic) bond motifs is 1. The molecule has 0 bridgehead atoms. The van der Waals surface area contributed by atoms with Crippen LogP contribution in [-0.4, -0.2) is 59.0 Å². The van der Waals surface area contributed by atoms with Crippen molar-refractivity contribution < 1.29 is 9.53 Å². The van der Waals surface area contributed by atoms with E-state index in [9.17, 15) is 10.1 Å². The molecule has 1 atom stereocenters.